The number of benzene rings is 2. The number of hydrogen-bond donors (Lipinski definition) is 0. The molecule has 0 aliphatic carbocycles. The predicted molar refractivity (Wildman–Crippen MR) is 196 cm³/mol. The Labute approximate surface area is 287 Å². The Morgan fingerprint density at radius 2 is 1.55 bits per heavy atom. The summed E-state index contributed by atoms with van der Waals surface area (Å²) in [7, 11) is -1.70. The second-order valence-corrected chi connectivity index (χ2v) is 16.5. The van der Waals surface area contributed by atoms with Gasteiger partial charge in [0.2, 0.25) is 9.84 Å². The maximum atomic E-state index is 14.2. The first-order valence-electron chi connectivity index (χ1n) is 17.5. The number of piperazine rings is 1. The van der Waals surface area contributed by atoms with Gasteiger partial charge in [-0.2, -0.15) is 0 Å². The van der Waals surface area contributed by atoms with Crippen LogP contribution in [0.2, 0.25) is 0 Å². The Bertz CT molecular complexity index is 1410. The summed E-state index contributed by atoms with van der Waals surface area (Å²) in [4.78, 5) is 12.5. The topological polar surface area (TPSA) is 88.5 Å². The first-order valence-corrected chi connectivity index (χ1v) is 20.5. The van der Waals surface area contributed by atoms with Crippen molar-refractivity contribution < 1.29 is 17.7 Å². The molecular formula is C37H56N4O4S2. The normalized spacial score (nSPS) is 18.2. The highest BCUT2D eigenvalue weighted by Crippen LogP contribution is 2.38. The van der Waals surface area contributed by atoms with Gasteiger partial charge in [0.15, 0.2) is 4.90 Å². The van der Waals surface area contributed by atoms with Crippen LogP contribution in [0.4, 0.5) is 5.69 Å². The lowest BCUT2D eigenvalue weighted by Crippen LogP contribution is -2.52. The lowest BCUT2D eigenvalue weighted by Gasteiger charge is -2.43. The van der Waals surface area contributed by atoms with Crippen molar-refractivity contribution >= 4 is 39.1 Å². The van der Waals surface area contributed by atoms with Gasteiger partial charge in [-0.1, -0.05) is 51.9 Å². The highest BCUT2D eigenvalue weighted by atomic mass is 32.2. The molecule has 2 aliphatic rings. The van der Waals surface area contributed by atoms with E-state index in [1.54, 1.807) is 49.6 Å². The average molecular weight is 685 g/mol. The summed E-state index contributed by atoms with van der Waals surface area (Å²) in [5.74, 6) is 0.677. The maximum Gasteiger partial charge on any atom is 0.204 e. The second kappa shape index (κ2) is 18.4. The first kappa shape index (κ1) is 37.4. The molecule has 10 heteroatoms. The van der Waals surface area contributed by atoms with Crippen LogP contribution in [0.5, 0.6) is 5.75 Å². The largest absolute Gasteiger partial charge is 0.612 e. The second-order valence-electron chi connectivity index (χ2n) is 13.1. The van der Waals surface area contributed by atoms with Crippen molar-refractivity contribution in [2.75, 3.05) is 59.2 Å². The number of allylic oxidation sites excluding steroid dienone is 1. The van der Waals surface area contributed by atoms with Gasteiger partial charge in [-0.3, -0.25) is 9.89 Å². The minimum atomic E-state index is -3.86. The fraction of sp³-hybridized carbons (Fsp3) is 0.595. The fourth-order valence-electron chi connectivity index (χ4n) is 6.69. The zero-order valence-corrected chi connectivity index (χ0v) is 30.7. The van der Waals surface area contributed by atoms with Gasteiger partial charge in [0.05, 0.1) is 27.8 Å². The molecule has 0 saturated carbocycles. The van der Waals surface area contributed by atoms with Crippen molar-refractivity contribution in [3.8, 4) is 5.75 Å². The summed E-state index contributed by atoms with van der Waals surface area (Å²) in [6.07, 6.45) is 13.4. The molecule has 0 amide bonds. The molecule has 1 unspecified atom stereocenters. The van der Waals surface area contributed by atoms with Crippen molar-refractivity contribution in [2.45, 2.75) is 93.9 Å². The van der Waals surface area contributed by atoms with E-state index in [0.717, 1.165) is 65.0 Å². The highest BCUT2D eigenvalue weighted by molar-refractivity contribution is 7.95. The Hall–Kier alpha value is -2.37. The first-order chi connectivity index (χ1) is 22.6. The third-order valence-corrected chi connectivity index (χ3v) is 12.5. The van der Waals surface area contributed by atoms with Crippen molar-refractivity contribution in [1.29, 1.82) is 0 Å². The van der Waals surface area contributed by atoms with Crippen LogP contribution in [0.25, 0.3) is 5.70 Å². The molecule has 260 valence electrons. The number of sulfone groups is 1. The zero-order valence-electron chi connectivity index (χ0n) is 29.1. The standard InChI is InChI=1S/C37H56N4O4S2/c1-6-7-8-9-10-11-12-13-28-45-32-14-17-34(18-15-32)47(43,44)30(2)37(35-29-33(46(5)42)16-19-36(35)38-3)41-22-20-31(21-23-41)40-26-24-39(4)25-27-40/h14-19,29,31H,3,6-13,20-28H2,1-2,4-5H3/b37-30-. The molecule has 4 rings (SSSR count). The number of unbranched alkanes of at least 4 members (excludes halogenated alkanes) is 7. The number of rotatable bonds is 17. The smallest absolute Gasteiger partial charge is 0.204 e. The van der Waals surface area contributed by atoms with E-state index in [1.165, 1.54) is 38.5 Å². The minimum absolute atomic E-state index is 0.225. The summed E-state index contributed by atoms with van der Waals surface area (Å²) in [6.45, 7) is 14.0. The van der Waals surface area contributed by atoms with Gasteiger partial charge >= 0.3 is 0 Å². The Morgan fingerprint density at radius 3 is 2.15 bits per heavy atom. The number of likely N-dealkylation sites (N-methyl/N-ethyl adjacent to an activating group) is 1. The summed E-state index contributed by atoms with van der Waals surface area (Å²) in [6, 6.07) is 12.7. The molecule has 2 aromatic carbocycles. The van der Waals surface area contributed by atoms with Gasteiger partial charge in [0, 0.05) is 56.9 Å². The van der Waals surface area contributed by atoms with Crippen molar-refractivity contribution in [1.82, 2.24) is 14.7 Å². The molecule has 0 bridgehead atoms. The van der Waals surface area contributed by atoms with Gasteiger partial charge in [0.25, 0.3) is 0 Å². The van der Waals surface area contributed by atoms with Gasteiger partial charge in [0.1, 0.15) is 12.0 Å². The molecule has 8 nitrogen and oxygen atoms in total. The van der Waals surface area contributed by atoms with Crippen LogP contribution in [0.3, 0.4) is 0 Å². The fourth-order valence-corrected chi connectivity index (χ4v) is 8.58. The van der Waals surface area contributed by atoms with E-state index >= 15 is 0 Å². The number of piperidine rings is 1. The minimum Gasteiger partial charge on any atom is -0.612 e. The van der Waals surface area contributed by atoms with Crippen LogP contribution < -0.4 is 4.74 Å². The molecule has 0 N–H and O–H groups in total. The number of hydrogen-bond acceptors (Lipinski definition) is 8. The monoisotopic (exact) mass is 684 g/mol. The molecule has 2 heterocycles. The molecule has 0 spiro atoms. The SMILES string of the molecule is C=Nc1ccc([S+](C)[O-])cc1/C(=C(\C)S(=O)(=O)c1ccc(OCCCCCCCCCC)cc1)N1CCC(N2CCN(C)CC2)CC1. The van der Waals surface area contributed by atoms with Crippen molar-refractivity contribution in [3.05, 3.63) is 52.9 Å². The van der Waals surface area contributed by atoms with Gasteiger partial charge in [-0.15, -0.1) is 0 Å². The molecule has 2 fully saturated rings. The van der Waals surface area contributed by atoms with Gasteiger partial charge in [-0.05, 0) is 87.5 Å². The lowest BCUT2D eigenvalue weighted by molar-refractivity contribution is 0.0801. The van der Waals surface area contributed by atoms with E-state index in [9.17, 15) is 13.0 Å². The molecule has 47 heavy (non-hydrogen) atoms. The summed E-state index contributed by atoms with van der Waals surface area (Å²) < 4.78 is 47.0. The number of nitrogens with zero attached hydrogens (tertiary/aromatic N) is 4. The Balaban J connectivity index is 1.53. The van der Waals surface area contributed by atoms with Crippen LogP contribution in [-0.4, -0.2) is 99.6 Å². The summed E-state index contributed by atoms with van der Waals surface area (Å²) in [5, 5.41) is 0. The maximum absolute atomic E-state index is 14.2. The quantitative estimate of drug-likeness (QED) is 0.0994. The van der Waals surface area contributed by atoms with E-state index < -0.39 is 21.0 Å². The third kappa shape index (κ3) is 10.3. The number of likely N-dealkylation sites (tertiary alicyclic amines) is 1. The predicted octanol–water partition coefficient (Wildman–Crippen LogP) is 7.15. The average Bonchev–Trinajstić information content (AvgIpc) is 3.08. The number of ether oxygens (including phenoxy) is 1. The Kier molecular flexibility index (Phi) is 14.7. The van der Waals surface area contributed by atoms with Gasteiger partial charge in [-0.25, -0.2) is 8.42 Å². The van der Waals surface area contributed by atoms with E-state index in [-0.39, 0.29) is 9.80 Å². The van der Waals surface area contributed by atoms with Crippen LogP contribution >= 0.6 is 0 Å². The van der Waals surface area contributed by atoms with Crippen molar-refractivity contribution in [3.63, 3.8) is 0 Å². The Morgan fingerprint density at radius 1 is 0.936 bits per heavy atom. The molecular weight excluding hydrogens is 629 g/mol. The molecule has 0 aromatic heterocycles. The van der Waals surface area contributed by atoms with Gasteiger partial charge < -0.3 is 19.1 Å². The van der Waals surface area contributed by atoms with E-state index in [0.29, 0.717) is 40.2 Å². The molecule has 2 saturated heterocycles. The van der Waals surface area contributed by atoms with Crippen LogP contribution in [0.15, 0.2) is 62.2 Å². The van der Waals surface area contributed by atoms with E-state index in [4.69, 9.17) is 4.74 Å². The lowest BCUT2D eigenvalue weighted by atomic mass is 9.99. The molecule has 0 radical (unpaired) electrons. The molecule has 2 aromatic rings. The van der Waals surface area contributed by atoms with E-state index in [2.05, 4.69) is 40.4 Å². The molecule has 1 atom stereocenters. The molecule has 2 aliphatic heterocycles. The van der Waals surface area contributed by atoms with Crippen LogP contribution in [0, 0.1) is 0 Å². The number of aliphatic imine (C=N–C) groups is 1. The van der Waals surface area contributed by atoms with Crippen LogP contribution in [0.1, 0.15) is 83.6 Å². The highest BCUT2D eigenvalue weighted by Gasteiger charge is 2.32. The van der Waals surface area contributed by atoms with E-state index in [1.807, 2.05) is 6.07 Å². The summed E-state index contributed by atoms with van der Waals surface area (Å²) in [5.41, 5.74) is 1.85. The third-order valence-electron chi connectivity index (χ3n) is 9.70. The van der Waals surface area contributed by atoms with Crippen molar-refractivity contribution in [2.24, 2.45) is 4.99 Å². The summed E-state index contributed by atoms with van der Waals surface area (Å²) >= 11 is -1.24. The zero-order chi connectivity index (χ0) is 33.8. The van der Waals surface area contributed by atoms with Crippen LogP contribution in [-0.2, 0) is 21.0 Å².